The van der Waals surface area contributed by atoms with Crippen LogP contribution in [-0.2, 0) is 16.4 Å². The molecule has 1 aromatic heterocycles. The monoisotopic (exact) mass is 429 g/mol. The zero-order valence-corrected chi connectivity index (χ0v) is 16.8. The van der Waals surface area contributed by atoms with Crippen LogP contribution in [0.15, 0.2) is 30.5 Å². The van der Waals surface area contributed by atoms with Crippen molar-refractivity contribution in [2.24, 2.45) is 0 Å². The van der Waals surface area contributed by atoms with Gasteiger partial charge in [0.1, 0.15) is 0 Å². The number of nitrogen functional groups attached to an aromatic ring is 1. The molecule has 1 atom stereocenters. The number of halogens is 3. The summed E-state index contributed by atoms with van der Waals surface area (Å²) >= 11 is 0. The molecule has 1 fully saturated rings. The molecule has 29 heavy (non-hydrogen) atoms. The molecule has 1 unspecified atom stereocenters. The van der Waals surface area contributed by atoms with Gasteiger partial charge >= 0.3 is 6.18 Å². The highest BCUT2D eigenvalue weighted by molar-refractivity contribution is 7.86. The maximum absolute atomic E-state index is 12.9. The maximum atomic E-state index is 12.9. The van der Waals surface area contributed by atoms with E-state index in [9.17, 15) is 21.6 Å². The van der Waals surface area contributed by atoms with Crippen LogP contribution in [0.2, 0.25) is 0 Å². The van der Waals surface area contributed by atoms with Gasteiger partial charge in [-0.15, -0.1) is 0 Å². The normalized spacial score (nSPS) is 18.9. The highest BCUT2D eigenvalue weighted by Gasteiger charge is 2.33. The minimum absolute atomic E-state index is 0.0308. The lowest BCUT2D eigenvalue weighted by Crippen LogP contribution is -2.45. The average Bonchev–Trinajstić information content (AvgIpc) is 2.67. The van der Waals surface area contributed by atoms with Gasteiger partial charge in [0.25, 0.3) is 10.2 Å². The van der Waals surface area contributed by atoms with Crippen molar-refractivity contribution < 1.29 is 21.6 Å². The van der Waals surface area contributed by atoms with E-state index in [1.807, 2.05) is 0 Å². The lowest BCUT2D eigenvalue weighted by atomic mass is 9.90. The Morgan fingerprint density at radius 2 is 1.86 bits per heavy atom. The molecular weight excluding hydrogens is 407 g/mol. The second-order valence-corrected chi connectivity index (χ2v) is 9.23. The van der Waals surface area contributed by atoms with Gasteiger partial charge in [-0.25, -0.2) is 9.97 Å². The molecule has 1 aliphatic heterocycles. The maximum Gasteiger partial charge on any atom is 0.416 e. The van der Waals surface area contributed by atoms with E-state index in [0.29, 0.717) is 36.2 Å². The smallest absolute Gasteiger partial charge is 0.368 e. The van der Waals surface area contributed by atoms with Crippen molar-refractivity contribution in [2.75, 3.05) is 32.9 Å². The van der Waals surface area contributed by atoms with E-state index in [-0.39, 0.29) is 18.4 Å². The summed E-state index contributed by atoms with van der Waals surface area (Å²) in [5.74, 6) is -0.218. The molecule has 1 saturated heterocycles. The topological polar surface area (TPSA) is 92.4 Å². The first-order valence-corrected chi connectivity index (χ1v) is 10.4. The molecule has 11 heteroatoms. The lowest BCUT2D eigenvalue weighted by Gasteiger charge is -2.33. The summed E-state index contributed by atoms with van der Waals surface area (Å²) in [6.45, 7) is 0.609. The quantitative estimate of drug-likeness (QED) is 0.807. The first-order valence-electron chi connectivity index (χ1n) is 8.98. The van der Waals surface area contributed by atoms with E-state index < -0.39 is 21.9 Å². The number of benzene rings is 1. The standard InChI is InChI=1S/C18H22F3N5O2S/c1-25(2)29(27,28)26-9-3-4-13(11-26)16-15(10-23-17(22)24-16)12-5-7-14(8-6-12)18(19,20)21/h5-8,10,13H,3-4,9,11H2,1-2H3,(H2,22,23,24). The fourth-order valence-electron chi connectivity index (χ4n) is 3.39. The molecular formula is C18H22F3N5O2S. The molecule has 0 bridgehead atoms. The Kier molecular flexibility index (Phi) is 5.84. The Morgan fingerprint density at radius 3 is 2.45 bits per heavy atom. The minimum atomic E-state index is -4.43. The van der Waals surface area contributed by atoms with E-state index in [1.165, 1.54) is 36.7 Å². The first kappa shape index (κ1) is 21.5. The molecule has 7 nitrogen and oxygen atoms in total. The Hall–Kier alpha value is -2.24. The number of hydrogen-bond donors (Lipinski definition) is 1. The second-order valence-electron chi connectivity index (χ2n) is 7.09. The van der Waals surface area contributed by atoms with Crippen LogP contribution in [0.1, 0.15) is 30.0 Å². The van der Waals surface area contributed by atoms with Crippen molar-refractivity contribution >= 4 is 16.2 Å². The summed E-state index contributed by atoms with van der Waals surface area (Å²) in [6.07, 6.45) is -1.64. The number of hydrogen-bond acceptors (Lipinski definition) is 5. The van der Waals surface area contributed by atoms with Crippen molar-refractivity contribution in [3.63, 3.8) is 0 Å². The summed E-state index contributed by atoms with van der Waals surface area (Å²) in [5.41, 5.74) is 6.60. The van der Waals surface area contributed by atoms with Crippen LogP contribution in [0.25, 0.3) is 11.1 Å². The van der Waals surface area contributed by atoms with Crippen molar-refractivity contribution in [3.8, 4) is 11.1 Å². The fraction of sp³-hybridized carbons (Fsp3) is 0.444. The number of nitrogens with two attached hydrogens (primary N) is 1. The lowest BCUT2D eigenvalue weighted by molar-refractivity contribution is -0.137. The van der Waals surface area contributed by atoms with Crippen molar-refractivity contribution in [1.82, 2.24) is 18.6 Å². The molecule has 0 spiro atoms. The van der Waals surface area contributed by atoms with Crippen molar-refractivity contribution in [1.29, 1.82) is 0 Å². The molecule has 0 aliphatic carbocycles. The van der Waals surface area contributed by atoms with Gasteiger partial charge in [0.15, 0.2) is 0 Å². The largest absolute Gasteiger partial charge is 0.416 e. The molecule has 0 saturated carbocycles. The molecule has 0 radical (unpaired) electrons. The van der Waals surface area contributed by atoms with E-state index in [4.69, 9.17) is 5.73 Å². The van der Waals surface area contributed by atoms with Crippen LogP contribution in [0, 0.1) is 0 Å². The van der Waals surface area contributed by atoms with E-state index in [0.717, 1.165) is 16.4 Å². The van der Waals surface area contributed by atoms with Gasteiger partial charge in [-0.3, -0.25) is 0 Å². The second kappa shape index (κ2) is 7.88. The van der Waals surface area contributed by atoms with E-state index >= 15 is 0 Å². The Balaban J connectivity index is 1.97. The van der Waals surface area contributed by atoms with Crippen LogP contribution in [-0.4, -0.2) is 54.2 Å². The summed E-state index contributed by atoms with van der Waals surface area (Å²) in [4.78, 5) is 8.30. The number of alkyl halides is 3. The molecule has 1 aliphatic rings. The molecule has 3 rings (SSSR count). The third-order valence-electron chi connectivity index (χ3n) is 4.92. The van der Waals surface area contributed by atoms with Gasteiger partial charge in [0, 0.05) is 44.9 Å². The third-order valence-corrected chi connectivity index (χ3v) is 6.83. The van der Waals surface area contributed by atoms with Gasteiger partial charge < -0.3 is 5.73 Å². The molecule has 158 valence electrons. The SMILES string of the molecule is CN(C)S(=O)(=O)N1CCCC(c2nc(N)ncc2-c2ccc(C(F)(F)F)cc2)C1. The highest BCUT2D eigenvalue weighted by Crippen LogP contribution is 2.36. The number of aromatic nitrogens is 2. The Bertz CT molecular complexity index is 978. The molecule has 2 aromatic rings. The van der Waals surface area contributed by atoms with E-state index in [2.05, 4.69) is 9.97 Å². The van der Waals surface area contributed by atoms with Gasteiger partial charge in [-0.2, -0.15) is 30.2 Å². The molecule has 2 heterocycles. The Labute approximate surface area is 167 Å². The summed E-state index contributed by atoms with van der Waals surface area (Å²) in [7, 11) is -0.648. The predicted octanol–water partition coefficient (Wildman–Crippen LogP) is 2.73. The third kappa shape index (κ3) is 4.51. The van der Waals surface area contributed by atoms with Crippen molar-refractivity contribution in [3.05, 3.63) is 41.7 Å². The fourth-order valence-corrected chi connectivity index (χ4v) is 4.58. The first-order chi connectivity index (χ1) is 13.5. The van der Waals surface area contributed by atoms with Gasteiger partial charge in [-0.1, -0.05) is 12.1 Å². The molecule has 1 aromatic carbocycles. The van der Waals surface area contributed by atoms with E-state index in [1.54, 1.807) is 0 Å². The predicted molar refractivity (Wildman–Crippen MR) is 103 cm³/mol. The van der Waals surface area contributed by atoms with Gasteiger partial charge in [0.2, 0.25) is 5.95 Å². The number of rotatable bonds is 4. The van der Waals surface area contributed by atoms with Crippen LogP contribution >= 0.6 is 0 Å². The summed E-state index contributed by atoms with van der Waals surface area (Å²) < 4.78 is 66.1. The molecule has 2 N–H and O–H groups in total. The van der Waals surface area contributed by atoms with Gasteiger partial charge in [0.05, 0.1) is 11.3 Å². The van der Waals surface area contributed by atoms with Crippen molar-refractivity contribution in [2.45, 2.75) is 24.9 Å². The number of anilines is 1. The number of nitrogens with zero attached hydrogens (tertiary/aromatic N) is 4. The average molecular weight is 429 g/mol. The zero-order chi connectivity index (χ0) is 21.4. The van der Waals surface area contributed by atoms with Crippen LogP contribution in [0.5, 0.6) is 0 Å². The van der Waals surface area contributed by atoms with Crippen LogP contribution in [0.4, 0.5) is 19.1 Å². The van der Waals surface area contributed by atoms with Gasteiger partial charge in [-0.05, 0) is 30.5 Å². The Morgan fingerprint density at radius 1 is 1.21 bits per heavy atom. The number of piperidine rings is 1. The minimum Gasteiger partial charge on any atom is -0.368 e. The summed E-state index contributed by atoms with van der Waals surface area (Å²) in [5, 5.41) is 0. The molecule has 0 amide bonds. The zero-order valence-electron chi connectivity index (χ0n) is 16.0. The highest BCUT2D eigenvalue weighted by atomic mass is 32.2. The summed E-state index contributed by atoms with van der Waals surface area (Å²) in [6, 6.07) is 4.72. The van der Waals surface area contributed by atoms with Crippen LogP contribution in [0.3, 0.4) is 0 Å². The van der Waals surface area contributed by atoms with Crippen LogP contribution < -0.4 is 5.73 Å².